The van der Waals surface area contributed by atoms with Crippen molar-refractivity contribution in [1.29, 1.82) is 5.26 Å². The van der Waals surface area contributed by atoms with E-state index in [4.69, 9.17) is 4.98 Å². The molecule has 0 saturated carbocycles. The van der Waals surface area contributed by atoms with Crippen LogP contribution >= 0.6 is 0 Å². The lowest BCUT2D eigenvalue weighted by Gasteiger charge is -2.25. The monoisotopic (exact) mass is 638 g/mol. The van der Waals surface area contributed by atoms with Crippen LogP contribution in [0.4, 0.5) is 17.1 Å². The molecule has 234 valence electrons. The Morgan fingerprint density at radius 2 is 0.900 bits per heavy atom. The summed E-state index contributed by atoms with van der Waals surface area (Å²) in [6.07, 6.45) is 0. The molecule has 0 aliphatic heterocycles. The summed E-state index contributed by atoms with van der Waals surface area (Å²) >= 11 is 0. The standard InChI is InChI=1S/C46H30N4/c47-31-32-19-21-33(22-20-32)34-23-27-39(28-24-34)50-45-43-18-10-8-16-41(43)40-15-7-9-17-42(40)44(45)48-46(50)35-25-29-38(30-26-35)49(36-11-3-1-4-12-36)37-13-5-2-6-14-37/h1-30H. The van der Waals surface area contributed by atoms with Gasteiger partial charge in [-0.05, 0) is 94.7 Å². The molecule has 9 rings (SSSR count). The van der Waals surface area contributed by atoms with Gasteiger partial charge in [-0.15, -0.1) is 0 Å². The van der Waals surface area contributed by atoms with E-state index < -0.39 is 0 Å². The van der Waals surface area contributed by atoms with Gasteiger partial charge in [0.2, 0.25) is 0 Å². The molecule has 0 aliphatic rings. The van der Waals surface area contributed by atoms with Gasteiger partial charge in [0.25, 0.3) is 0 Å². The number of hydrogen-bond acceptors (Lipinski definition) is 3. The van der Waals surface area contributed by atoms with E-state index in [9.17, 15) is 5.26 Å². The van der Waals surface area contributed by atoms with E-state index in [0.29, 0.717) is 5.56 Å². The Morgan fingerprint density at radius 3 is 1.48 bits per heavy atom. The van der Waals surface area contributed by atoms with Crippen molar-refractivity contribution in [3.05, 3.63) is 188 Å². The summed E-state index contributed by atoms with van der Waals surface area (Å²) in [6.45, 7) is 0. The molecule has 4 heteroatoms. The third-order valence-corrected chi connectivity index (χ3v) is 9.42. The smallest absolute Gasteiger partial charge is 0.145 e. The predicted octanol–water partition coefficient (Wildman–Crippen LogP) is 12.0. The van der Waals surface area contributed by atoms with Crippen LogP contribution in [0.5, 0.6) is 0 Å². The summed E-state index contributed by atoms with van der Waals surface area (Å²) < 4.78 is 2.31. The predicted molar refractivity (Wildman–Crippen MR) is 206 cm³/mol. The Kier molecular flexibility index (Phi) is 7.15. The van der Waals surface area contributed by atoms with Crippen LogP contribution in [0.2, 0.25) is 0 Å². The Hall–Kier alpha value is -6.96. The van der Waals surface area contributed by atoms with Gasteiger partial charge in [0.1, 0.15) is 5.82 Å². The summed E-state index contributed by atoms with van der Waals surface area (Å²) in [7, 11) is 0. The van der Waals surface area contributed by atoms with Gasteiger partial charge in [-0.1, -0.05) is 109 Å². The molecule has 0 fully saturated rings. The van der Waals surface area contributed by atoms with Gasteiger partial charge in [-0.3, -0.25) is 4.57 Å². The Balaban J connectivity index is 1.25. The average molecular weight is 639 g/mol. The van der Waals surface area contributed by atoms with Crippen molar-refractivity contribution in [2.24, 2.45) is 0 Å². The molecule has 9 aromatic rings. The van der Waals surface area contributed by atoms with Gasteiger partial charge in [0.05, 0.1) is 22.7 Å². The van der Waals surface area contributed by atoms with E-state index in [2.05, 4.69) is 161 Å². The molecule has 4 nitrogen and oxygen atoms in total. The molecule has 1 aromatic heterocycles. The van der Waals surface area contributed by atoms with Crippen LogP contribution in [0.25, 0.3) is 60.8 Å². The molecule has 8 aromatic carbocycles. The lowest BCUT2D eigenvalue weighted by atomic mass is 9.99. The van der Waals surface area contributed by atoms with Crippen LogP contribution in [0.1, 0.15) is 5.56 Å². The van der Waals surface area contributed by atoms with Gasteiger partial charge >= 0.3 is 0 Å². The van der Waals surface area contributed by atoms with Gasteiger partial charge in [0, 0.05) is 39.1 Å². The normalized spacial score (nSPS) is 11.2. The number of nitrogens with zero attached hydrogens (tertiary/aromatic N) is 4. The number of hydrogen-bond donors (Lipinski definition) is 0. The summed E-state index contributed by atoms with van der Waals surface area (Å²) in [5.74, 6) is 0.880. The number of benzene rings is 8. The molecule has 0 bridgehead atoms. The maximum atomic E-state index is 9.27. The first kappa shape index (κ1) is 29.2. The fourth-order valence-corrected chi connectivity index (χ4v) is 7.05. The van der Waals surface area contributed by atoms with Crippen LogP contribution in [-0.4, -0.2) is 9.55 Å². The Bertz CT molecular complexity index is 2630. The second kappa shape index (κ2) is 12.2. The van der Waals surface area contributed by atoms with Gasteiger partial charge < -0.3 is 4.90 Å². The minimum atomic E-state index is 0.653. The number of aromatic nitrogens is 2. The molecule has 0 unspecified atom stereocenters. The van der Waals surface area contributed by atoms with Gasteiger partial charge in [-0.25, -0.2) is 4.98 Å². The lowest BCUT2D eigenvalue weighted by molar-refractivity contribution is 1.11. The quantitative estimate of drug-likeness (QED) is 0.170. The number of fused-ring (bicyclic) bond motifs is 6. The van der Waals surface area contributed by atoms with E-state index in [0.717, 1.165) is 67.1 Å². The molecular formula is C46H30N4. The summed E-state index contributed by atoms with van der Waals surface area (Å²) in [6, 6.07) is 65.4. The number of nitriles is 1. The van der Waals surface area contributed by atoms with Crippen LogP contribution in [0.15, 0.2) is 182 Å². The fourth-order valence-electron chi connectivity index (χ4n) is 7.05. The van der Waals surface area contributed by atoms with Crippen molar-refractivity contribution >= 4 is 49.6 Å². The van der Waals surface area contributed by atoms with E-state index >= 15 is 0 Å². The number of para-hydroxylation sites is 2. The highest BCUT2D eigenvalue weighted by Gasteiger charge is 2.21. The fraction of sp³-hybridized carbons (Fsp3) is 0. The molecule has 0 atom stereocenters. The molecule has 0 amide bonds. The molecule has 0 spiro atoms. The number of imidazole rings is 1. The third-order valence-electron chi connectivity index (χ3n) is 9.42. The second-order valence-electron chi connectivity index (χ2n) is 12.3. The van der Waals surface area contributed by atoms with Crippen LogP contribution < -0.4 is 4.90 Å². The van der Waals surface area contributed by atoms with Crippen molar-refractivity contribution < 1.29 is 0 Å². The zero-order chi connectivity index (χ0) is 33.4. The summed E-state index contributed by atoms with van der Waals surface area (Å²) in [5, 5.41) is 14.0. The Morgan fingerprint density at radius 1 is 0.440 bits per heavy atom. The molecule has 50 heavy (non-hydrogen) atoms. The van der Waals surface area contributed by atoms with E-state index in [-0.39, 0.29) is 0 Å². The number of rotatable bonds is 6. The SMILES string of the molecule is N#Cc1ccc(-c2ccc(-n3c(-c4ccc(N(c5ccccc5)c5ccccc5)cc4)nc4c5ccccc5c5ccccc5c43)cc2)cc1. The first-order valence-corrected chi connectivity index (χ1v) is 16.7. The van der Waals surface area contributed by atoms with E-state index in [1.165, 1.54) is 10.8 Å². The minimum absolute atomic E-state index is 0.653. The first-order chi connectivity index (χ1) is 24.8. The van der Waals surface area contributed by atoms with Crippen molar-refractivity contribution in [3.8, 4) is 34.3 Å². The van der Waals surface area contributed by atoms with Crippen molar-refractivity contribution in [1.82, 2.24) is 9.55 Å². The highest BCUT2D eigenvalue weighted by Crippen LogP contribution is 2.41. The van der Waals surface area contributed by atoms with Crippen LogP contribution in [-0.2, 0) is 0 Å². The minimum Gasteiger partial charge on any atom is -0.311 e. The molecule has 0 aliphatic carbocycles. The second-order valence-corrected chi connectivity index (χ2v) is 12.3. The topological polar surface area (TPSA) is 44.9 Å². The zero-order valence-electron chi connectivity index (χ0n) is 27.1. The highest BCUT2D eigenvalue weighted by molar-refractivity contribution is 6.24. The maximum Gasteiger partial charge on any atom is 0.145 e. The van der Waals surface area contributed by atoms with E-state index in [1.807, 2.05) is 36.4 Å². The molecule has 1 heterocycles. The molecule has 0 saturated heterocycles. The first-order valence-electron chi connectivity index (χ1n) is 16.7. The summed E-state index contributed by atoms with van der Waals surface area (Å²) in [4.78, 5) is 7.72. The molecular weight excluding hydrogens is 609 g/mol. The molecule has 0 radical (unpaired) electrons. The molecule has 0 N–H and O–H groups in total. The average Bonchev–Trinajstić information content (AvgIpc) is 3.61. The Labute approximate surface area is 290 Å². The lowest BCUT2D eigenvalue weighted by Crippen LogP contribution is -2.09. The van der Waals surface area contributed by atoms with Crippen LogP contribution in [0.3, 0.4) is 0 Å². The largest absolute Gasteiger partial charge is 0.311 e. The van der Waals surface area contributed by atoms with Crippen LogP contribution in [0, 0.1) is 11.3 Å². The van der Waals surface area contributed by atoms with Gasteiger partial charge in [-0.2, -0.15) is 5.26 Å². The highest BCUT2D eigenvalue weighted by atomic mass is 15.1. The zero-order valence-corrected chi connectivity index (χ0v) is 27.1. The summed E-state index contributed by atoms with van der Waals surface area (Å²) in [5.41, 5.74) is 10.2. The third kappa shape index (κ3) is 4.97. The maximum absolute atomic E-state index is 9.27. The van der Waals surface area contributed by atoms with Crippen molar-refractivity contribution in [2.75, 3.05) is 4.90 Å². The van der Waals surface area contributed by atoms with E-state index in [1.54, 1.807) is 0 Å². The van der Waals surface area contributed by atoms with Crippen molar-refractivity contribution in [2.45, 2.75) is 0 Å². The number of anilines is 3. The van der Waals surface area contributed by atoms with Crippen molar-refractivity contribution in [3.63, 3.8) is 0 Å². The van der Waals surface area contributed by atoms with Gasteiger partial charge in [0.15, 0.2) is 0 Å².